The Kier molecular flexibility index (Phi) is 7.68. The summed E-state index contributed by atoms with van der Waals surface area (Å²) in [7, 11) is 0. The number of rotatable bonds is 10. The monoisotopic (exact) mass is 370 g/mol. The summed E-state index contributed by atoms with van der Waals surface area (Å²) in [6, 6.07) is -4.10. The van der Waals surface area contributed by atoms with E-state index in [2.05, 4.69) is 15.3 Å². The second-order valence-electron chi connectivity index (χ2n) is 5.68. The number of amides is 3. The van der Waals surface area contributed by atoms with Crippen LogP contribution in [0.1, 0.15) is 19.0 Å². The fourth-order valence-electron chi connectivity index (χ4n) is 2.06. The van der Waals surface area contributed by atoms with Gasteiger partial charge in [0.2, 0.25) is 17.7 Å². The van der Waals surface area contributed by atoms with Gasteiger partial charge in [0.1, 0.15) is 6.04 Å². The molecule has 1 aromatic heterocycles. The number of nitrogens with zero attached hydrogens (tertiary/aromatic N) is 1. The Hall–Kier alpha value is -2.99. The van der Waals surface area contributed by atoms with Gasteiger partial charge >= 0.3 is 5.97 Å². The zero-order chi connectivity index (χ0) is 19.9. The fraction of sp³-hybridized carbons (Fsp3) is 0.500. The number of aliphatic hydroxyl groups is 1. The Bertz CT molecular complexity index is 646. The van der Waals surface area contributed by atoms with Crippen LogP contribution in [0.25, 0.3) is 0 Å². The molecule has 0 fully saturated rings. The number of hydrogen-bond donors (Lipinski definition) is 7. The molecule has 9 N–H and O–H groups in total. The third kappa shape index (κ3) is 6.49. The van der Waals surface area contributed by atoms with E-state index >= 15 is 0 Å². The minimum atomic E-state index is -1.62. The Labute approximate surface area is 148 Å². The first-order chi connectivity index (χ1) is 12.1. The lowest BCUT2D eigenvalue weighted by Gasteiger charge is -2.23. The van der Waals surface area contributed by atoms with Crippen molar-refractivity contribution in [2.45, 2.75) is 44.0 Å². The number of primary amides is 1. The number of carbonyl (C=O) groups excluding carboxylic acids is 3. The van der Waals surface area contributed by atoms with Crippen molar-refractivity contribution in [2.24, 2.45) is 11.5 Å². The number of carboxylic acids is 1. The average Bonchev–Trinajstić information content (AvgIpc) is 3.03. The second kappa shape index (κ2) is 9.48. The van der Waals surface area contributed by atoms with E-state index in [4.69, 9.17) is 16.6 Å². The molecule has 1 aromatic rings. The maximum Gasteiger partial charge on any atom is 0.328 e. The van der Waals surface area contributed by atoms with Crippen molar-refractivity contribution < 1.29 is 29.4 Å². The van der Waals surface area contributed by atoms with E-state index < -0.39 is 54.3 Å². The quantitative estimate of drug-likeness (QED) is 0.220. The number of hydrogen-bond acceptors (Lipinski definition) is 7. The number of carboxylic acid groups (broad SMARTS) is 1. The predicted molar refractivity (Wildman–Crippen MR) is 87.3 cm³/mol. The van der Waals surface area contributed by atoms with Gasteiger partial charge in [0, 0.05) is 18.3 Å². The van der Waals surface area contributed by atoms with Gasteiger partial charge in [-0.15, -0.1) is 0 Å². The van der Waals surface area contributed by atoms with Crippen LogP contribution in [0.5, 0.6) is 0 Å². The van der Waals surface area contributed by atoms with Gasteiger partial charge in [-0.05, 0) is 6.92 Å². The Morgan fingerprint density at radius 1 is 1.27 bits per heavy atom. The zero-order valence-electron chi connectivity index (χ0n) is 14.0. The third-order valence-corrected chi connectivity index (χ3v) is 3.42. The lowest BCUT2D eigenvalue weighted by atomic mass is 10.1. The molecule has 12 nitrogen and oxygen atoms in total. The molecular formula is C14H22N6O6. The summed E-state index contributed by atoms with van der Waals surface area (Å²) in [6.07, 6.45) is 1.01. The predicted octanol–water partition coefficient (Wildman–Crippen LogP) is -3.41. The molecule has 4 atom stereocenters. The summed E-state index contributed by atoms with van der Waals surface area (Å²) in [5.74, 6) is -4.10. The van der Waals surface area contributed by atoms with Gasteiger partial charge in [-0.1, -0.05) is 0 Å². The molecule has 4 unspecified atom stereocenters. The topological polar surface area (TPSA) is 214 Å². The molecule has 26 heavy (non-hydrogen) atoms. The van der Waals surface area contributed by atoms with Crippen LogP contribution in [0.15, 0.2) is 12.5 Å². The van der Waals surface area contributed by atoms with Crippen LogP contribution in [0.3, 0.4) is 0 Å². The highest BCUT2D eigenvalue weighted by atomic mass is 16.4. The highest BCUT2D eigenvalue weighted by Crippen LogP contribution is 2.01. The van der Waals surface area contributed by atoms with Gasteiger partial charge in [-0.3, -0.25) is 14.4 Å². The van der Waals surface area contributed by atoms with E-state index in [1.807, 2.05) is 5.32 Å². The summed E-state index contributed by atoms with van der Waals surface area (Å²) in [6.45, 7) is 1.17. The van der Waals surface area contributed by atoms with Gasteiger partial charge in [-0.25, -0.2) is 9.78 Å². The molecule has 0 radical (unpaired) electrons. The van der Waals surface area contributed by atoms with Crippen molar-refractivity contribution in [2.75, 3.05) is 0 Å². The van der Waals surface area contributed by atoms with Crippen LogP contribution in [0, 0.1) is 0 Å². The van der Waals surface area contributed by atoms with E-state index in [0.717, 1.165) is 0 Å². The van der Waals surface area contributed by atoms with Crippen molar-refractivity contribution in [3.8, 4) is 0 Å². The Morgan fingerprint density at radius 3 is 2.38 bits per heavy atom. The molecule has 0 bridgehead atoms. The first-order valence-corrected chi connectivity index (χ1v) is 7.64. The molecule has 0 spiro atoms. The molecular weight excluding hydrogens is 348 g/mol. The molecule has 0 saturated heterocycles. The van der Waals surface area contributed by atoms with Crippen LogP contribution in [0.4, 0.5) is 0 Å². The molecule has 0 aliphatic heterocycles. The van der Waals surface area contributed by atoms with E-state index in [-0.39, 0.29) is 6.42 Å². The molecule has 0 aliphatic rings. The number of H-pyrrole nitrogens is 1. The van der Waals surface area contributed by atoms with Crippen LogP contribution in [-0.2, 0) is 25.6 Å². The highest BCUT2D eigenvalue weighted by Gasteiger charge is 2.31. The van der Waals surface area contributed by atoms with Crippen LogP contribution in [0.2, 0.25) is 0 Å². The Morgan fingerprint density at radius 2 is 1.92 bits per heavy atom. The van der Waals surface area contributed by atoms with Crippen molar-refractivity contribution >= 4 is 23.7 Å². The highest BCUT2D eigenvalue weighted by molar-refractivity contribution is 5.94. The van der Waals surface area contributed by atoms with Crippen LogP contribution < -0.4 is 22.1 Å². The third-order valence-electron chi connectivity index (χ3n) is 3.42. The zero-order valence-corrected chi connectivity index (χ0v) is 14.0. The van der Waals surface area contributed by atoms with E-state index in [1.165, 1.54) is 19.4 Å². The minimum absolute atomic E-state index is 0.0994. The molecule has 1 rings (SSSR count). The smallest absolute Gasteiger partial charge is 0.328 e. The normalized spacial score (nSPS) is 15.3. The average molecular weight is 370 g/mol. The summed E-state index contributed by atoms with van der Waals surface area (Å²) < 4.78 is 0. The van der Waals surface area contributed by atoms with Gasteiger partial charge in [0.05, 0.1) is 24.9 Å². The lowest BCUT2D eigenvalue weighted by molar-refractivity contribution is -0.145. The second-order valence-corrected chi connectivity index (χ2v) is 5.68. The molecule has 0 aromatic carbocycles. The number of aromatic amines is 1. The van der Waals surface area contributed by atoms with Gasteiger partial charge in [0.15, 0.2) is 6.04 Å². The van der Waals surface area contributed by atoms with Gasteiger partial charge in [-0.2, -0.15) is 0 Å². The van der Waals surface area contributed by atoms with E-state index in [9.17, 15) is 24.3 Å². The number of imidazole rings is 1. The van der Waals surface area contributed by atoms with Crippen molar-refractivity contribution in [1.82, 2.24) is 20.6 Å². The SMILES string of the molecule is CC(O)C(NC(=O)C(CC(N)=O)NC(=O)C(N)Cc1cnc[nH]1)C(=O)O. The molecule has 144 valence electrons. The van der Waals surface area contributed by atoms with Crippen LogP contribution in [-0.4, -0.2) is 68.1 Å². The number of aliphatic hydroxyl groups excluding tert-OH is 1. The number of nitrogens with one attached hydrogen (secondary N) is 3. The first-order valence-electron chi connectivity index (χ1n) is 7.64. The van der Waals surface area contributed by atoms with Crippen molar-refractivity contribution in [3.63, 3.8) is 0 Å². The number of nitrogens with two attached hydrogens (primary N) is 2. The first kappa shape index (κ1) is 21.1. The standard InChI is InChI=1S/C14H22N6O6/c1-6(21)11(14(25)26)20-13(24)9(3-10(16)22)19-12(23)8(15)2-7-4-17-5-18-7/h4-6,8-9,11,21H,2-3,15H2,1H3,(H2,16,22)(H,17,18)(H,19,23)(H,20,24)(H,25,26). The largest absolute Gasteiger partial charge is 0.480 e. The Balaban J connectivity index is 2.78. The fourth-order valence-corrected chi connectivity index (χ4v) is 2.06. The summed E-state index contributed by atoms with van der Waals surface area (Å²) in [5, 5.41) is 22.7. The molecule has 1 heterocycles. The van der Waals surface area contributed by atoms with Crippen molar-refractivity contribution in [1.29, 1.82) is 0 Å². The van der Waals surface area contributed by atoms with Crippen LogP contribution >= 0.6 is 0 Å². The summed E-state index contributed by atoms with van der Waals surface area (Å²) in [5.41, 5.74) is 11.4. The van der Waals surface area contributed by atoms with Gasteiger partial charge in [0.25, 0.3) is 0 Å². The van der Waals surface area contributed by atoms with Gasteiger partial charge < -0.3 is 37.3 Å². The number of carbonyl (C=O) groups is 4. The number of aliphatic carboxylic acids is 1. The van der Waals surface area contributed by atoms with E-state index in [0.29, 0.717) is 5.69 Å². The minimum Gasteiger partial charge on any atom is -0.480 e. The lowest BCUT2D eigenvalue weighted by Crippen LogP contribution is -2.57. The van der Waals surface area contributed by atoms with E-state index in [1.54, 1.807) is 0 Å². The summed E-state index contributed by atoms with van der Waals surface area (Å²) >= 11 is 0. The number of aromatic nitrogens is 2. The molecule has 3 amide bonds. The van der Waals surface area contributed by atoms with Crippen molar-refractivity contribution in [3.05, 3.63) is 18.2 Å². The molecule has 12 heteroatoms. The summed E-state index contributed by atoms with van der Waals surface area (Å²) in [4.78, 5) is 53.1. The molecule has 0 aliphatic carbocycles. The maximum atomic E-state index is 12.2. The maximum absolute atomic E-state index is 12.2. The molecule has 0 saturated carbocycles.